The number of hydrogen-bond acceptors (Lipinski definition) is 5. The molecule has 106 valence electrons. The normalized spacial score (nSPS) is 21.1. The van der Waals surface area contributed by atoms with Gasteiger partial charge in [-0.25, -0.2) is 0 Å². The Balaban J connectivity index is 1.88. The van der Waals surface area contributed by atoms with Crippen molar-refractivity contribution in [2.75, 3.05) is 26.7 Å². The summed E-state index contributed by atoms with van der Waals surface area (Å²) >= 11 is 1.27. The summed E-state index contributed by atoms with van der Waals surface area (Å²) < 4.78 is 14.5. The van der Waals surface area contributed by atoms with E-state index < -0.39 is 0 Å². The number of hydrogen-bond donors (Lipinski definition) is 0. The van der Waals surface area contributed by atoms with Crippen molar-refractivity contribution in [1.29, 1.82) is 0 Å². The Morgan fingerprint density at radius 2 is 2.32 bits per heavy atom. The standard InChI is InChI=1S/C14H23N3OS/c1-3-4-5-6-10-18-14-13(15-19-16-14)12-8-7-9-17(2)11-12/h4-5,12H,3,6-11H2,1-2H3/b5-4-. The number of piperidine rings is 1. The Hall–Kier alpha value is -0.940. The Morgan fingerprint density at radius 3 is 3.11 bits per heavy atom. The molecular weight excluding hydrogens is 258 g/mol. The maximum atomic E-state index is 5.78. The lowest BCUT2D eigenvalue weighted by molar-refractivity contribution is 0.241. The molecule has 1 aliphatic heterocycles. The second kappa shape index (κ2) is 7.60. The van der Waals surface area contributed by atoms with Gasteiger partial charge in [0.05, 0.1) is 18.3 Å². The number of nitrogens with zero attached hydrogens (tertiary/aromatic N) is 3. The highest BCUT2D eigenvalue weighted by Gasteiger charge is 2.25. The van der Waals surface area contributed by atoms with Gasteiger partial charge < -0.3 is 9.64 Å². The molecule has 5 heteroatoms. The molecule has 19 heavy (non-hydrogen) atoms. The number of rotatable bonds is 6. The van der Waals surface area contributed by atoms with E-state index in [4.69, 9.17) is 4.74 Å². The summed E-state index contributed by atoms with van der Waals surface area (Å²) in [6.07, 6.45) is 8.78. The summed E-state index contributed by atoms with van der Waals surface area (Å²) in [6, 6.07) is 0. The predicted molar refractivity (Wildman–Crippen MR) is 78.9 cm³/mol. The van der Waals surface area contributed by atoms with Gasteiger partial charge in [0, 0.05) is 12.5 Å². The molecular formula is C14H23N3OS. The third-order valence-corrected chi connectivity index (χ3v) is 3.94. The van der Waals surface area contributed by atoms with Crippen LogP contribution in [-0.2, 0) is 0 Å². The molecule has 0 N–H and O–H groups in total. The van der Waals surface area contributed by atoms with Crippen molar-refractivity contribution >= 4 is 11.7 Å². The first-order valence-corrected chi connectivity index (χ1v) is 7.83. The molecule has 0 radical (unpaired) electrons. The Morgan fingerprint density at radius 1 is 1.42 bits per heavy atom. The lowest BCUT2D eigenvalue weighted by Crippen LogP contribution is -2.31. The van der Waals surface area contributed by atoms with Crippen LogP contribution in [0.2, 0.25) is 0 Å². The number of allylic oxidation sites excluding steroid dienone is 1. The van der Waals surface area contributed by atoms with E-state index in [-0.39, 0.29) is 0 Å². The first kappa shape index (κ1) is 14.5. The van der Waals surface area contributed by atoms with Gasteiger partial charge in [-0.15, -0.1) is 4.37 Å². The molecule has 4 nitrogen and oxygen atoms in total. The fourth-order valence-electron chi connectivity index (χ4n) is 2.43. The Bertz CT molecular complexity index is 405. The molecule has 1 saturated heterocycles. The minimum absolute atomic E-state index is 0.485. The molecule has 0 aliphatic carbocycles. The maximum absolute atomic E-state index is 5.78. The topological polar surface area (TPSA) is 38.3 Å². The van der Waals surface area contributed by atoms with Crippen LogP contribution in [0.5, 0.6) is 5.88 Å². The van der Waals surface area contributed by atoms with Crippen molar-refractivity contribution < 1.29 is 4.74 Å². The fraction of sp³-hybridized carbons (Fsp3) is 0.714. The van der Waals surface area contributed by atoms with Crippen LogP contribution in [0.4, 0.5) is 0 Å². The van der Waals surface area contributed by atoms with Gasteiger partial charge in [-0.1, -0.05) is 19.1 Å². The largest absolute Gasteiger partial charge is 0.475 e. The molecule has 2 rings (SSSR count). The van der Waals surface area contributed by atoms with E-state index in [1.807, 2.05) is 0 Å². The fourth-order valence-corrected chi connectivity index (χ4v) is 3.01. The second-order valence-corrected chi connectivity index (χ2v) is 5.60. The predicted octanol–water partition coefficient (Wildman–Crippen LogP) is 3.08. The highest BCUT2D eigenvalue weighted by atomic mass is 32.1. The smallest absolute Gasteiger partial charge is 0.249 e. The zero-order valence-electron chi connectivity index (χ0n) is 11.8. The summed E-state index contributed by atoms with van der Waals surface area (Å²) in [5, 5.41) is 0. The molecule has 0 aromatic carbocycles. The van der Waals surface area contributed by atoms with Crippen LogP contribution in [0, 0.1) is 0 Å². The number of ether oxygens (including phenoxy) is 1. The lowest BCUT2D eigenvalue weighted by atomic mass is 9.95. The molecule has 1 aliphatic rings. The molecule has 1 unspecified atom stereocenters. The van der Waals surface area contributed by atoms with E-state index in [0.29, 0.717) is 12.5 Å². The summed E-state index contributed by atoms with van der Waals surface area (Å²) in [5.41, 5.74) is 1.07. The quantitative estimate of drug-likeness (QED) is 0.593. The zero-order valence-corrected chi connectivity index (χ0v) is 12.7. The van der Waals surface area contributed by atoms with Gasteiger partial charge >= 0.3 is 0 Å². The molecule has 0 amide bonds. The highest BCUT2D eigenvalue weighted by Crippen LogP contribution is 2.31. The molecule has 0 saturated carbocycles. The van der Waals surface area contributed by atoms with E-state index in [1.165, 1.54) is 31.1 Å². The summed E-state index contributed by atoms with van der Waals surface area (Å²) in [6.45, 7) is 5.08. The number of aromatic nitrogens is 2. The van der Waals surface area contributed by atoms with E-state index in [2.05, 4.69) is 39.8 Å². The van der Waals surface area contributed by atoms with E-state index in [9.17, 15) is 0 Å². The molecule has 2 heterocycles. The van der Waals surface area contributed by atoms with Gasteiger partial charge in [-0.2, -0.15) is 4.37 Å². The van der Waals surface area contributed by atoms with Gasteiger partial charge in [0.1, 0.15) is 5.69 Å². The molecule has 0 spiro atoms. The third-order valence-electron chi connectivity index (χ3n) is 3.42. The SMILES string of the molecule is CC/C=C\CCOc1nsnc1C1CCCN(C)C1. The molecule has 1 aromatic heterocycles. The van der Waals surface area contributed by atoms with Crippen LogP contribution in [0.3, 0.4) is 0 Å². The molecule has 0 bridgehead atoms. The van der Waals surface area contributed by atoms with Gasteiger partial charge in [-0.3, -0.25) is 0 Å². The van der Waals surface area contributed by atoms with Crippen LogP contribution >= 0.6 is 11.7 Å². The minimum atomic E-state index is 0.485. The van der Waals surface area contributed by atoms with Crippen molar-refractivity contribution in [3.8, 4) is 5.88 Å². The lowest BCUT2D eigenvalue weighted by Gasteiger charge is -2.28. The van der Waals surface area contributed by atoms with Crippen molar-refractivity contribution in [3.63, 3.8) is 0 Å². The van der Waals surface area contributed by atoms with Crippen molar-refractivity contribution in [3.05, 3.63) is 17.8 Å². The Labute approximate surface area is 119 Å². The Kier molecular flexibility index (Phi) is 5.79. The molecule has 1 aromatic rings. The first-order chi connectivity index (χ1) is 9.31. The van der Waals surface area contributed by atoms with Gasteiger partial charge in [0.15, 0.2) is 0 Å². The van der Waals surface area contributed by atoms with Crippen LogP contribution < -0.4 is 4.74 Å². The minimum Gasteiger partial charge on any atom is -0.475 e. The summed E-state index contributed by atoms with van der Waals surface area (Å²) in [4.78, 5) is 2.36. The van der Waals surface area contributed by atoms with E-state index in [1.54, 1.807) is 0 Å². The van der Waals surface area contributed by atoms with Crippen LogP contribution in [0.1, 0.15) is 44.2 Å². The summed E-state index contributed by atoms with van der Waals surface area (Å²) in [5.74, 6) is 1.24. The number of likely N-dealkylation sites (tertiary alicyclic amines) is 1. The van der Waals surface area contributed by atoms with Crippen LogP contribution in [0.25, 0.3) is 0 Å². The summed E-state index contributed by atoms with van der Waals surface area (Å²) in [7, 11) is 2.17. The van der Waals surface area contributed by atoms with Gasteiger partial charge in [0.2, 0.25) is 5.88 Å². The van der Waals surface area contributed by atoms with E-state index >= 15 is 0 Å². The first-order valence-electron chi connectivity index (χ1n) is 7.10. The second-order valence-electron chi connectivity index (χ2n) is 5.07. The zero-order chi connectivity index (χ0) is 13.5. The molecule has 1 fully saturated rings. The third kappa shape index (κ3) is 4.28. The number of likely N-dealkylation sites (N-methyl/N-ethyl adjacent to an activating group) is 1. The maximum Gasteiger partial charge on any atom is 0.249 e. The molecule has 1 atom stereocenters. The van der Waals surface area contributed by atoms with Crippen molar-refractivity contribution in [2.24, 2.45) is 0 Å². The van der Waals surface area contributed by atoms with E-state index in [0.717, 1.165) is 31.0 Å². The van der Waals surface area contributed by atoms with Gasteiger partial charge in [-0.05, 0) is 39.3 Å². The van der Waals surface area contributed by atoms with Gasteiger partial charge in [0.25, 0.3) is 0 Å². The average molecular weight is 281 g/mol. The monoisotopic (exact) mass is 281 g/mol. The average Bonchev–Trinajstić information content (AvgIpc) is 2.87. The van der Waals surface area contributed by atoms with Crippen molar-refractivity contribution in [2.45, 2.75) is 38.5 Å². The van der Waals surface area contributed by atoms with Crippen LogP contribution in [-0.4, -0.2) is 40.4 Å². The van der Waals surface area contributed by atoms with Crippen LogP contribution in [0.15, 0.2) is 12.2 Å². The van der Waals surface area contributed by atoms with Crippen molar-refractivity contribution in [1.82, 2.24) is 13.6 Å². The highest BCUT2D eigenvalue weighted by molar-refractivity contribution is 6.99.